The van der Waals surface area contributed by atoms with E-state index < -0.39 is 0 Å². The van der Waals surface area contributed by atoms with Gasteiger partial charge in [0.2, 0.25) is 0 Å². The van der Waals surface area contributed by atoms with Gasteiger partial charge in [-0.2, -0.15) is 0 Å². The van der Waals surface area contributed by atoms with Crippen LogP contribution in [0.25, 0.3) is 0 Å². The smallest absolute Gasteiger partial charge is 0.0547 e. The van der Waals surface area contributed by atoms with E-state index in [1.165, 1.54) is 0 Å². The first-order valence-corrected chi connectivity index (χ1v) is 6.69. The van der Waals surface area contributed by atoms with E-state index >= 15 is 0 Å². The van der Waals surface area contributed by atoms with Crippen molar-refractivity contribution < 1.29 is 4.74 Å². The Bertz CT molecular complexity index is 215. The molecule has 2 unspecified atom stereocenters. The van der Waals surface area contributed by atoms with Gasteiger partial charge in [-0.3, -0.25) is 4.90 Å². The molecule has 1 fully saturated rings. The lowest BCUT2D eigenvalue weighted by Gasteiger charge is -2.37. The van der Waals surface area contributed by atoms with Crippen molar-refractivity contribution in [2.45, 2.75) is 26.3 Å². The third kappa shape index (κ3) is 4.21. The summed E-state index contributed by atoms with van der Waals surface area (Å²) in [4.78, 5) is 4.77. The summed E-state index contributed by atoms with van der Waals surface area (Å²) in [7, 11) is 4.25. The predicted molar refractivity (Wildman–Crippen MR) is 72.2 cm³/mol. The highest BCUT2D eigenvalue weighted by molar-refractivity contribution is 4.88. The molecule has 17 heavy (non-hydrogen) atoms. The van der Waals surface area contributed by atoms with E-state index in [0.29, 0.717) is 6.04 Å². The fourth-order valence-electron chi connectivity index (χ4n) is 2.65. The number of hydrogen-bond acceptors (Lipinski definition) is 4. The molecule has 0 aromatic heterocycles. The minimum absolute atomic E-state index is 0.191. The van der Waals surface area contributed by atoms with Gasteiger partial charge in [-0.15, -0.1) is 0 Å². The second kappa shape index (κ2) is 6.69. The van der Waals surface area contributed by atoms with Gasteiger partial charge in [0.05, 0.1) is 6.61 Å². The van der Waals surface area contributed by atoms with Crippen molar-refractivity contribution in [1.29, 1.82) is 0 Å². The highest BCUT2D eigenvalue weighted by Crippen LogP contribution is 2.29. The lowest BCUT2D eigenvalue weighted by molar-refractivity contribution is 0.0893. The van der Waals surface area contributed by atoms with Crippen molar-refractivity contribution in [3.63, 3.8) is 0 Å². The van der Waals surface area contributed by atoms with Crippen molar-refractivity contribution >= 4 is 0 Å². The van der Waals surface area contributed by atoms with Crippen LogP contribution < -0.4 is 5.73 Å². The van der Waals surface area contributed by atoms with Gasteiger partial charge in [-0.05, 0) is 34.0 Å². The van der Waals surface area contributed by atoms with Crippen molar-refractivity contribution in [2.24, 2.45) is 11.1 Å². The van der Waals surface area contributed by atoms with Crippen LogP contribution in [0, 0.1) is 5.41 Å². The summed E-state index contributed by atoms with van der Waals surface area (Å²) in [5.41, 5.74) is 6.15. The molecule has 0 spiro atoms. The molecule has 1 aliphatic heterocycles. The van der Waals surface area contributed by atoms with Crippen molar-refractivity contribution in [2.75, 3.05) is 53.5 Å². The lowest BCUT2D eigenvalue weighted by atomic mass is 9.86. The Kier molecular flexibility index (Phi) is 5.86. The van der Waals surface area contributed by atoms with Crippen LogP contribution in [0.15, 0.2) is 0 Å². The number of nitrogens with zero attached hydrogens (tertiary/aromatic N) is 2. The second-order valence-corrected chi connectivity index (χ2v) is 5.68. The monoisotopic (exact) mass is 243 g/mol. The average Bonchev–Trinajstić information content (AvgIpc) is 2.74. The highest BCUT2D eigenvalue weighted by atomic mass is 16.5. The standard InChI is InChI=1S/C13H29N3O/c1-5-16(12(2)8-15(3)4)10-13(9-14)6-7-17-11-13/h12H,5-11,14H2,1-4H3. The number of likely N-dealkylation sites (N-methyl/N-ethyl adjacent to an activating group) is 2. The Morgan fingerprint density at radius 2 is 2.12 bits per heavy atom. The summed E-state index contributed by atoms with van der Waals surface area (Å²) in [5, 5.41) is 0. The van der Waals surface area contributed by atoms with Gasteiger partial charge >= 0.3 is 0 Å². The minimum Gasteiger partial charge on any atom is -0.381 e. The molecule has 4 heteroatoms. The largest absolute Gasteiger partial charge is 0.381 e. The van der Waals surface area contributed by atoms with Crippen molar-refractivity contribution in [1.82, 2.24) is 9.80 Å². The molecule has 2 atom stereocenters. The maximum Gasteiger partial charge on any atom is 0.0547 e. The van der Waals surface area contributed by atoms with Crippen molar-refractivity contribution in [3.8, 4) is 0 Å². The van der Waals surface area contributed by atoms with Gasteiger partial charge in [0.1, 0.15) is 0 Å². The molecular formula is C13H29N3O. The average molecular weight is 243 g/mol. The van der Waals surface area contributed by atoms with Gasteiger partial charge in [-0.1, -0.05) is 6.92 Å². The van der Waals surface area contributed by atoms with Crippen molar-refractivity contribution in [3.05, 3.63) is 0 Å². The Morgan fingerprint density at radius 3 is 2.53 bits per heavy atom. The number of ether oxygens (including phenoxy) is 1. The molecule has 1 rings (SSSR count). The van der Waals surface area contributed by atoms with Gasteiger partial charge in [0.15, 0.2) is 0 Å². The molecule has 4 nitrogen and oxygen atoms in total. The van der Waals surface area contributed by atoms with Gasteiger partial charge < -0.3 is 15.4 Å². The molecule has 102 valence electrons. The maximum absolute atomic E-state index is 5.96. The van der Waals surface area contributed by atoms with E-state index in [1.807, 2.05) is 0 Å². The molecular weight excluding hydrogens is 214 g/mol. The molecule has 0 aliphatic carbocycles. The zero-order valence-electron chi connectivity index (χ0n) is 11.9. The first-order valence-electron chi connectivity index (χ1n) is 6.69. The van der Waals surface area contributed by atoms with E-state index in [2.05, 4.69) is 37.7 Å². The van der Waals surface area contributed by atoms with Gasteiger partial charge in [0.25, 0.3) is 0 Å². The molecule has 0 radical (unpaired) electrons. The van der Waals surface area contributed by atoms with Crippen LogP contribution in [-0.2, 0) is 4.74 Å². The summed E-state index contributed by atoms with van der Waals surface area (Å²) in [6, 6.07) is 0.569. The Morgan fingerprint density at radius 1 is 1.41 bits per heavy atom. The summed E-state index contributed by atoms with van der Waals surface area (Å²) in [6.07, 6.45) is 1.11. The van der Waals surface area contributed by atoms with E-state index in [4.69, 9.17) is 10.5 Å². The van der Waals surface area contributed by atoms with Crippen LogP contribution in [0.4, 0.5) is 0 Å². The molecule has 0 saturated carbocycles. The fourth-order valence-corrected chi connectivity index (χ4v) is 2.65. The van der Waals surface area contributed by atoms with Crippen LogP contribution in [0.3, 0.4) is 0 Å². The first kappa shape index (κ1) is 14.9. The molecule has 1 saturated heterocycles. The molecule has 0 aromatic carbocycles. The van der Waals surface area contributed by atoms with Crippen LogP contribution >= 0.6 is 0 Å². The van der Waals surface area contributed by atoms with E-state index in [-0.39, 0.29) is 5.41 Å². The zero-order valence-corrected chi connectivity index (χ0v) is 11.9. The van der Waals surface area contributed by atoms with E-state index in [9.17, 15) is 0 Å². The summed E-state index contributed by atoms with van der Waals surface area (Å²) in [5.74, 6) is 0. The van der Waals surface area contributed by atoms with Crippen LogP contribution in [-0.4, -0.2) is 69.3 Å². The molecule has 0 amide bonds. The van der Waals surface area contributed by atoms with E-state index in [0.717, 1.165) is 45.8 Å². The fraction of sp³-hybridized carbons (Fsp3) is 1.00. The van der Waals surface area contributed by atoms with Crippen LogP contribution in [0.1, 0.15) is 20.3 Å². The zero-order chi connectivity index (χ0) is 12.9. The highest BCUT2D eigenvalue weighted by Gasteiger charge is 2.36. The normalized spacial score (nSPS) is 27.0. The molecule has 1 heterocycles. The Labute approximate surface area is 106 Å². The number of hydrogen-bond donors (Lipinski definition) is 1. The SMILES string of the molecule is CCN(CC1(CN)CCOC1)C(C)CN(C)C. The first-order chi connectivity index (χ1) is 8.03. The third-order valence-corrected chi connectivity index (χ3v) is 3.82. The molecule has 0 bridgehead atoms. The number of rotatable bonds is 7. The maximum atomic E-state index is 5.96. The summed E-state index contributed by atoms with van der Waals surface area (Å²) < 4.78 is 5.54. The lowest BCUT2D eigenvalue weighted by Crippen LogP contribution is -2.48. The topological polar surface area (TPSA) is 41.7 Å². The Balaban J connectivity index is 2.55. The molecule has 0 aromatic rings. The number of nitrogens with two attached hydrogens (primary N) is 1. The predicted octanol–water partition coefficient (Wildman–Crippen LogP) is 0.624. The van der Waals surface area contributed by atoms with Crippen LogP contribution in [0.5, 0.6) is 0 Å². The quantitative estimate of drug-likeness (QED) is 0.712. The third-order valence-electron chi connectivity index (χ3n) is 3.82. The van der Waals surface area contributed by atoms with E-state index in [1.54, 1.807) is 0 Å². The van der Waals surface area contributed by atoms with Gasteiger partial charge in [0, 0.05) is 37.7 Å². The summed E-state index contributed by atoms with van der Waals surface area (Å²) >= 11 is 0. The van der Waals surface area contributed by atoms with Crippen LogP contribution in [0.2, 0.25) is 0 Å². The molecule has 2 N–H and O–H groups in total. The second-order valence-electron chi connectivity index (χ2n) is 5.68. The Hall–Kier alpha value is -0.160. The van der Waals surface area contributed by atoms with Gasteiger partial charge in [-0.25, -0.2) is 0 Å². The molecule has 1 aliphatic rings. The minimum atomic E-state index is 0.191. The summed E-state index contributed by atoms with van der Waals surface area (Å²) in [6.45, 7) is 10.2.